The van der Waals surface area contributed by atoms with Crippen LogP contribution in [0.4, 0.5) is 22.0 Å². The molecule has 11 heteroatoms. The number of hydrogen-bond donors (Lipinski definition) is 3. The molecule has 2 atom stereocenters. The number of aliphatic hydroxyl groups is 2. The minimum atomic E-state index is -0.910. The van der Waals surface area contributed by atoms with Gasteiger partial charge in [-0.2, -0.15) is 0 Å². The molecular formula is C26H35FN8O2. The highest BCUT2D eigenvalue weighted by Gasteiger charge is 2.24. The summed E-state index contributed by atoms with van der Waals surface area (Å²) >= 11 is 0. The van der Waals surface area contributed by atoms with Gasteiger partial charge in [-0.1, -0.05) is 6.07 Å². The lowest BCUT2D eigenvalue weighted by molar-refractivity contribution is 0.108. The lowest BCUT2D eigenvalue weighted by Gasteiger charge is -2.34. The molecule has 5 rings (SSSR count). The second kappa shape index (κ2) is 11.6. The number of alkyl halides is 1. The normalized spacial score (nSPS) is 20.3. The summed E-state index contributed by atoms with van der Waals surface area (Å²) in [7, 11) is 0. The number of hydrogen-bond acceptors (Lipinski definition) is 10. The zero-order valence-electron chi connectivity index (χ0n) is 21.2. The van der Waals surface area contributed by atoms with Crippen LogP contribution in [-0.2, 0) is 6.54 Å². The van der Waals surface area contributed by atoms with Gasteiger partial charge in [-0.05, 0) is 37.5 Å². The largest absolute Gasteiger partial charge is 0.395 e. The van der Waals surface area contributed by atoms with Crippen LogP contribution in [0.5, 0.6) is 0 Å². The summed E-state index contributed by atoms with van der Waals surface area (Å²) in [6.07, 6.45) is 3.19. The topological polar surface area (TPSA) is 114 Å². The van der Waals surface area contributed by atoms with Gasteiger partial charge in [-0.3, -0.25) is 9.80 Å². The van der Waals surface area contributed by atoms with Crippen LogP contribution in [0.2, 0.25) is 0 Å². The number of piperazine rings is 1. The summed E-state index contributed by atoms with van der Waals surface area (Å²) in [5.41, 5.74) is 2.26. The smallest absolute Gasteiger partial charge is 0.229 e. The number of anilines is 3. The van der Waals surface area contributed by atoms with E-state index < -0.39 is 12.3 Å². The van der Waals surface area contributed by atoms with Crippen molar-refractivity contribution in [2.24, 2.45) is 0 Å². The van der Waals surface area contributed by atoms with Crippen molar-refractivity contribution in [3.05, 3.63) is 41.9 Å². The van der Waals surface area contributed by atoms with E-state index >= 15 is 0 Å². The highest BCUT2D eigenvalue weighted by Crippen LogP contribution is 2.30. The summed E-state index contributed by atoms with van der Waals surface area (Å²) < 4.78 is 14.2. The zero-order valence-corrected chi connectivity index (χ0v) is 21.2. The number of fused-ring (bicyclic) bond motifs is 1. The highest BCUT2D eigenvalue weighted by atomic mass is 19.1. The summed E-state index contributed by atoms with van der Waals surface area (Å²) in [4.78, 5) is 24.9. The first kappa shape index (κ1) is 25.7. The molecule has 198 valence electrons. The summed E-state index contributed by atoms with van der Waals surface area (Å²) in [5, 5.41) is 23.2. The van der Waals surface area contributed by atoms with Crippen molar-refractivity contribution in [2.75, 3.05) is 62.6 Å². The van der Waals surface area contributed by atoms with Gasteiger partial charge in [-0.25, -0.2) is 24.3 Å². The van der Waals surface area contributed by atoms with Crippen LogP contribution in [0.1, 0.15) is 37.1 Å². The van der Waals surface area contributed by atoms with Crippen LogP contribution in [0.3, 0.4) is 0 Å². The van der Waals surface area contributed by atoms with E-state index in [0.29, 0.717) is 41.8 Å². The monoisotopic (exact) mass is 510 g/mol. The Morgan fingerprint density at radius 2 is 1.89 bits per heavy atom. The van der Waals surface area contributed by atoms with Gasteiger partial charge in [-0.15, -0.1) is 0 Å². The maximum Gasteiger partial charge on any atom is 0.229 e. The van der Waals surface area contributed by atoms with Crippen molar-refractivity contribution in [2.45, 2.75) is 38.6 Å². The predicted molar refractivity (Wildman–Crippen MR) is 141 cm³/mol. The maximum absolute atomic E-state index is 14.2. The standard InChI is InChI=1S/C26H35FN8O2/c1-18(37)22-13-20-15-29-26(32-24(20)25(30-22)35-6-2-3-21(27)17-35)31-23-5-4-19(14-28-23)16-34-9-7-33(8-10-34)11-12-36/h4-5,13-15,18,21,36-37H,2-3,6-12,16-17H2,1H3,(H,28,29,31,32)/t18?,21-/m0/s1. The Kier molecular flexibility index (Phi) is 8.04. The molecule has 0 saturated carbocycles. The Bertz CT molecular complexity index is 1190. The molecule has 0 spiro atoms. The molecular weight excluding hydrogens is 475 g/mol. The van der Waals surface area contributed by atoms with Gasteiger partial charge < -0.3 is 20.4 Å². The van der Waals surface area contributed by atoms with Crippen LogP contribution in [-0.4, -0.2) is 98.5 Å². The minimum Gasteiger partial charge on any atom is -0.395 e. The summed E-state index contributed by atoms with van der Waals surface area (Å²) in [5.74, 6) is 1.59. The SMILES string of the molecule is CC(O)c1cc2cnc(Nc3ccc(CN4CCN(CCO)CC4)cn3)nc2c(N2CCC[C@H](F)C2)n1. The van der Waals surface area contributed by atoms with Gasteiger partial charge in [0, 0.05) is 63.6 Å². The molecule has 1 unspecified atom stereocenters. The Morgan fingerprint density at radius 1 is 1.08 bits per heavy atom. The van der Waals surface area contributed by atoms with E-state index in [1.165, 1.54) is 0 Å². The molecule has 3 aromatic rings. The molecule has 0 bridgehead atoms. The number of rotatable bonds is 8. The van der Waals surface area contributed by atoms with E-state index in [-0.39, 0.29) is 13.2 Å². The van der Waals surface area contributed by atoms with Gasteiger partial charge in [0.15, 0.2) is 5.82 Å². The van der Waals surface area contributed by atoms with Crippen LogP contribution in [0.25, 0.3) is 10.9 Å². The van der Waals surface area contributed by atoms with Gasteiger partial charge in [0.1, 0.15) is 17.5 Å². The van der Waals surface area contributed by atoms with E-state index in [0.717, 1.165) is 56.6 Å². The van der Waals surface area contributed by atoms with Crippen LogP contribution in [0, 0.1) is 0 Å². The molecule has 3 N–H and O–H groups in total. The minimum absolute atomic E-state index is 0.205. The van der Waals surface area contributed by atoms with Crippen LogP contribution in [0.15, 0.2) is 30.6 Å². The first-order chi connectivity index (χ1) is 18.0. The number of piperidine rings is 1. The third kappa shape index (κ3) is 6.30. The van der Waals surface area contributed by atoms with Crippen molar-refractivity contribution in [3.8, 4) is 0 Å². The molecule has 0 amide bonds. The summed E-state index contributed by atoms with van der Waals surface area (Å²) in [6, 6.07) is 5.74. The third-order valence-corrected chi connectivity index (χ3v) is 7.01. The molecule has 2 fully saturated rings. The lowest BCUT2D eigenvalue weighted by Crippen LogP contribution is -2.46. The van der Waals surface area contributed by atoms with E-state index in [1.807, 2.05) is 23.2 Å². The van der Waals surface area contributed by atoms with Gasteiger partial charge in [0.2, 0.25) is 5.95 Å². The van der Waals surface area contributed by atoms with E-state index in [2.05, 4.69) is 30.1 Å². The molecule has 3 aromatic heterocycles. The fraction of sp³-hybridized carbons (Fsp3) is 0.538. The van der Waals surface area contributed by atoms with Gasteiger partial charge >= 0.3 is 0 Å². The number of aromatic nitrogens is 4. The second-order valence-corrected chi connectivity index (χ2v) is 9.88. The Hall–Kier alpha value is -2.99. The molecule has 37 heavy (non-hydrogen) atoms. The number of pyridine rings is 2. The predicted octanol–water partition coefficient (Wildman–Crippen LogP) is 2.26. The molecule has 2 aliphatic heterocycles. The van der Waals surface area contributed by atoms with Crippen molar-refractivity contribution < 1.29 is 14.6 Å². The lowest BCUT2D eigenvalue weighted by atomic mass is 10.1. The van der Waals surface area contributed by atoms with Crippen molar-refractivity contribution in [1.82, 2.24) is 29.7 Å². The first-order valence-corrected chi connectivity index (χ1v) is 13.0. The fourth-order valence-corrected chi connectivity index (χ4v) is 4.93. The van der Waals surface area contributed by atoms with Crippen molar-refractivity contribution >= 4 is 28.5 Å². The van der Waals surface area contributed by atoms with E-state index in [4.69, 9.17) is 10.1 Å². The van der Waals surface area contributed by atoms with E-state index in [1.54, 1.807) is 19.2 Å². The molecule has 2 aliphatic rings. The number of nitrogens with zero attached hydrogens (tertiary/aromatic N) is 7. The molecule has 2 saturated heterocycles. The van der Waals surface area contributed by atoms with Gasteiger partial charge in [0.05, 0.1) is 24.9 Å². The van der Waals surface area contributed by atoms with Gasteiger partial charge in [0.25, 0.3) is 0 Å². The zero-order chi connectivity index (χ0) is 25.8. The highest BCUT2D eigenvalue weighted by molar-refractivity contribution is 5.89. The van der Waals surface area contributed by atoms with Crippen LogP contribution < -0.4 is 10.2 Å². The molecule has 5 heterocycles. The summed E-state index contributed by atoms with van der Waals surface area (Å²) in [6.45, 7) is 8.26. The quantitative estimate of drug-likeness (QED) is 0.417. The third-order valence-electron chi connectivity index (χ3n) is 7.01. The van der Waals surface area contributed by atoms with Crippen molar-refractivity contribution in [3.63, 3.8) is 0 Å². The Morgan fingerprint density at radius 3 is 2.59 bits per heavy atom. The molecule has 0 aromatic carbocycles. The van der Waals surface area contributed by atoms with E-state index in [9.17, 15) is 9.50 Å². The average molecular weight is 511 g/mol. The van der Waals surface area contributed by atoms with Crippen molar-refractivity contribution in [1.29, 1.82) is 0 Å². The van der Waals surface area contributed by atoms with Crippen LogP contribution >= 0.6 is 0 Å². The molecule has 0 aliphatic carbocycles. The maximum atomic E-state index is 14.2. The number of β-amino-alcohol motifs (C(OH)–C–C–N with tert-alkyl or cyclic N) is 1. The molecule has 10 nitrogen and oxygen atoms in total. The molecule has 0 radical (unpaired) electrons. The number of aliphatic hydroxyl groups excluding tert-OH is 2. The average Bonchev–Trinajstić information content (AvgIpc) is 2.90. The number of nitrogens with one attached hydrogen (secondary N) is 1. The fourth-order valence-electron chi connectivity index (χ4n) is 4.93. The first-order valence-electron chi connectivity index (χ1n) is 13.0. The Labute approximate surface area is 216 Å². The Balaban J connectivity index is 1.30. The number of halogens is 1. The second-order valence-electron chi connectivity index (χ2n) is 9.88.